The molecule has 4 heteroatoms. The number of hydrogen-bond acceptors (Lipinski definition) is 3. The minimum atomic E-state index is -0.194. The van der Waals surface area contributed by atoms with Crippen molar-refractivity contribution < 1.29 is 9.53 Å². The van der Waals surface area contributed by atoms with Gasteiger partial charge in [0.05, 0.1) is 7.11 Å². The molecule has 1 heterocycles. The van der Waals surface area contributed by atoms with Crippen molar-refractivity contribution >= 4 is 6.09 Å². The molecule has 13 heavy (non-hydrogen) atoms. The van der Waals surface area contributed by atoms with Gasteiger partial charge in [-0.3, -0.25) is 0 Å². The van der Waals surface area contributed by atoms with Gasteiger partial charge in [0, 0.05) is 19.1 Å². The Kier molecular flexibility index (Phi) is 4.02. The fraction of sp³-hybridized carbons (Fsp3) is 0.889. The number of amides is 1. The first kappa shape index (κ1) is 10.3. The van der Waals surface area contributed by atoms with E-state index in [1.54, 1.807) is 0 Å². The van der Waals surface area contributed by atoms with Crippen LogP contribution in [0.1, 0.15) is 19.8 Å². The molecular weight excluding hydrogens is 168 g/mol. The maximum Gasteiger partial charge on any atom is 0.409 e. The standard InChI is InChI=1S/C9H18N2O2/c1-3-10-7-8-5-4-6-11(8)9(12)13-2/h8,10H,3-7H2,1-2H3/t8-/m1/s1. The molecule has 0 aliphatic carbocycles. The van der Waals surface area contributed by atoms with Gasteiger partial charge < -0.3 is 15.0 Å². The first-order chi connectivity index (χ1) is 6.29. The molecule has 0 aromatic rings. The molecule has 0 spiro atoms. The fourth-order valence-corrected chi connectivity index (χ4v) is 1.72. The maximum absolute atomic E-state index is 11.3. The van der Waals surface area contributed by atoms with Crippen LogP contribution in [0.15, 0.2) is 0 Å². The van der Waals surface area contributed by atoms with Crippen LogP contribution in [0, 0.1) is 0 Å². The van der Waals surface area contributed by atoms with E-state index in [0.717, 1.165) is 32.5 Å². The number of ether oxygens (including phenoxy) is 1. The number of nitrogens with one attached hydrogen (secondary N) is 1. The molecule has 0 saturated carbocycles. The Morgan fingerprint density at radius 3 is 3.08 bits per heavy atom. The maximum atomic E-state index is 11.3. The molecule has 0 aromatic heterocycles. The van der Waals surface area contributed by atoms with Gasteiger partial charge in [-0.25, -0.2) is 4.79 Å². The Labute approximate surface area is 79.2 Å². The lowest BCUT2D eigenvalue weighted by Gasteiger charge is -2.23. The van der Waals surface area contributed by atoms with Crippen molar-refractivity contribution in [2.24, 2.45) is 0 Å². The highest BCUT2D eigenvalue weighted by atomic mass is 16.5. The van der Waals surface area contributed by atoms with Gasteiger partial charge in [-0.15, -0.1) is 0 Å². The molecule has 1 aliphatic rings. The summed E-state index contributed by atoms with van der Waals surface area (Å²) in [7, 11) is 1.44. The second-order valence-corrected chi connectivity index (χ2v) is 3.27. The van der Waals surface area contributed by atoms with E-state index in [4.69, 9.17) is 4.74 Å². The highest BCUT2D eigenvalue weighted by molar-refractivity contribution is 5.68. The molecule has 1 saturated heterocycles. The molecule has 1 fully saturated rings. The summed E-state index contributed by atoms with van der Waals surface area (Å²) in [4.78, 5) is 13.1. The van der Waals surface area contributed by atoms with E-state index in [1.807, 2.05) is 4.90 Å². The summed E-state index contributed by atoms with van der Waals surface area (Å²) in [6.07, 6.45) is 1.98. The van der Waals surface area contributed by atoms with E-state index in [2.05, 4.69) is 12.2 Å². The zero-order chi connectivity index (χ0) is 9.68. The summed E-state index contributed by atoms with van der Waals surface area (Å²) in [6, 6.07) is 0.326. The third kappa shape index (κ3) is 2.59. The molecule has 4 nitrogen and oxygen atoms in total. The Morgan fingerprint density at radius 2 is 2.46 bits per heavy atom. The smallest absolute Gasteiger partial charge is 0.409 e. The topological polar surface area (TPSA) is 41.6 Å². The predicted octanol–water partition coefficient (Wildman–Crippen LogP) is 0.827. The number of carbonyl (C=O) groups is 1. The van der Waals surface area contributed by atoms with Crippen LogP contribution in [-0.2, 0) is 4.74 Å². The SMILES string of the molecule is CCNC[C@H]1CCCN1C(=O)OC. The first-order valence-corrected chi connectivity index (χ1v) is 4.85. The number of carbonyl (C=O) groups excluding carboxylic acids is 1. The lowest BCUT2D eigenvalue weighted by molar-refractivity contribution is 0.118. The summed E-state index contributed by atoms with van der Waals surface area (Å²) in [5.74, 6) is 0. The minimum absolute atomic E-state index is 0.194. The molecule has 1 N–H and O–H groups in total. The van der Waals surface area contributed by atoms with E-state index >= 15 is 0 Å². The number of likely N-dealkylation sites (N-methyl/N-ethyl adjacent to an activating group) is 1. The molecule has 0 aromatic carbocycles. The first-order valence-electron chi connectivity index (χ1n) is 4.85. The van der Waals surface area contributed by atoms with Gasteiger partial charge in [0.1, 0.15) is 0 Å². The summed E-state index contributed by atoms with van der Waals surface area (Å²) < 4.78 is 4.70. The molecular formula is C9H18N2O2. The average Bonchev–Trinajstić information content (AvgIpc) is 2.61. The van der Waals surface area contributed by atoms with Crippen LogP contribution in [0.3, 0.4) is 0 Å². The largest absolute Gasteiger partial charge is 0.453 e. The highest BCUT2D eigenvalue weighted by Crippen LogP contribution is 2.17. The predicted molar refractivity (Wildman–Crippen MR) is 50.7 cm³/mol. The summed E-state index contributed by atoms with van der Waals surface area (Å²) in [5, 5.41) is 3.25. The van der Waals surface area contributed by atoms with E-state index in [-0.39, 0.29) is 6.09 Å². The van der Waals surface area contributed by atoms with Crippen molar-refractivity contribution in [3.8, 4) is 0 Å². The number of hydrogen-bond donors (Lipinski definition) is 1. The van der Waals surface area contributed by atoms with Crippen LogP contribution >= 0.6 is 0 Å². The molecule has 1 aliphatic heterocycles. The zero-order valence-corrected chi connectivity index (χ0v) is 8.38. The molecule has 1 amide bonds. The second-order valence-electron chi connectivity index (χ2n) is 3.27. The Hall–Kier alpha value is -0.770. The van der Waals surface area contributed by atoms with Crippen LogP contribution < -0.4 is 5.32 Å². The van der Waals surface area contributed by atoms with Gasteiger partial charge in [-0.2, -0.15) is 0 Å². The van der Waals surface area contributed by atoms with Gasteiger partial charge in [0.2, 0.25) is 0 Å². The number of methoxy groups -OCH3 is 1. The van der Waals surface area contributed by atoms with E-state index in [9.17, 15) is 4.79 Å². The number of likely N-dealkylation sites (tertiary alicyclic amines) is 1. The number of nitrogens with zero attached hydrogens (tertiary/aromatic N) is 1. The Morgan fingerprint density at radius 1 is 1.69 bits per heavy atom. The minimum Gasteiger partial charge on any atom is -0.453 e. The third-order valence-electron chi connectivity index (χ3n) is 2.42. The van der Waals surface area contributed by atoms with Crippen LogP contribution in [0.5, 0.6) is 0 Å². The zero-order valence-electron chi connectivity index (χ0n) is 8.38. The third-order valence-corrected chi connectivity index (χ3v) is 2.42. The van der Waals surface area contributed by atoms with Crippen LogP contribution in [0.25, 0.3) is 0 Å². The fourth-order valence-electron chi connectivity index (χ4n) is 1.72. The van der Waals surface area contributed by atoms with E-state index in [0.29, 0.717) is 6.04 Å². The molecule has 0 unspecified atom stereocenters. The van der Waals surface area contributed by atoms with Gasteiger partial charge in [0.25, 0.3) is 0 Å². The van der Waals surface area contributed by atoms with E-state index in [1.165, 1.54) is 7.11 Å². The van der Waals surface area contributed by atoms with Crippen molar-refractivity contribution in [2.75, 3.05) is 26.7 Å². The second kappa shape index (κ2) is 5.07. The summed E-state index contributed by atoms with van der Waals surface area (Å²) >= 11 is 0. The van der Waals surface area contributed by atoms with Crippen molar-refractivity contribution in [1.29, 1.82) is 0 Å². The highest BCUT2D eigenvalue weighted by Gasteiger charge is 2.28. The lowest BCUT2D eigenvalue weighted by Crippen LogP contribution is -2.41. The molecule has 1 rings (SSSR count). The molecule has 1 atom stereocenters. The van der Waals surface area contributed by atoms with Gasteiger partial charge in [-0.1, -0.05) is 6.92 Å². The Bertz CT molecular complexity index is 173. The van der Waals surface area contributed by atoms with Crippen LogP contribution in [0.4, 0.5) is 4.79 Å². The van der Waals surface area contributed by atoms with Crippen LogP contribution in [0.2, 0.25) is 0 Å². The van der Waals surface area contributed by atoms with Crippen molar-refractivity contribution in [3.05, 3.63) is 0 Å². The van der Waals surface area contributed by atoms with Gasteiger partial charge in [0.15, 0.2) is 0 Å². The normalized spacial score (nSPS) is 22.0. The van der Waals surface area contributed by atoms with Crippen LogP contribution in [-0.4, -0.2) is 43.8 Å². The van der Waals surface area contributed by atoms with Gasteiger partial charge >= 0.3 is 6.09 Å². The monoisotopic (exact) mass is 186 g/mol. The van der Waals surface area contributed by atoms with E-state index < -0.39 is 0 Å². The van der Waals surface area contributed by atoms with Crippen molar-refractivity contribution in [1.82, 2.24) is 10.2 Å². The molecule has 76 valence electrons. The van der Waals surface area contributed by atoms with Crippen molar-refractivity contribution in [2.45, 2.75) is 25.8 Å². The molecule has 0 bridgehead atoms. The number of rotatable bonds is 3. The average molecular weight is 186 g/mol. The summed E-state index contributed by atoms with van der Waals surface area (Å²) in [5.41, 5.74) is 0. The van der Waals surface area contributed by atoms with Crippen molar-refractivity contribution in [3.63, 3.8) is 0 Å². The van der Waals surface area contributed by atoms with Gasteiger partial charge in [-0.05, 0) is 19.4 Å². The summed E-state index contributed by atoms with van der Waals surface area (Å²) in [6.45, 7) is 4.73. The lowest BCUT2D eigenvalue weighted by atomic mass is 10.2. The molecule has 0 radical (unpaired) electrons. The quantitative estimate of drug-likeness (QED) is 0.709. The Balaban J connectivity index is 2.39.